The third kappa shape index (κ3) is 3.40. The summed E-state index contributed by atoms with van der Waals surface area (Å²) >= 11 is 0. The van der Waals surface area contributed by atoms with Gasteiger partial charge in [-0.25, -0.2) is 4.39 Å². The second kappa shape index (κ2) is 7.51. The molecule has 4 nitrogen and oxygen atoms in total. The van der Waals surface area contributed by atoms with E-state index in [2.05, 4.69) is 0 Å². The van der Waals surface area contributed by atoms with Gasteiger partial charge in [0.25, 0.3) is 0 Å². The van der Waals surface area contributed by atoms with E-state index in [-0.39, 0.29) is 11.6 Å². The molecule has 0 amide bonds. The number of Topliss-reactive ketones (excluding diaryl/α,β-unsaturated/α-hetero) is 2. The van der Waals surface area contributed by atoms with Crippen LogP contribution in [0.5, 0.6) is 17.2 Å². The second-order valence-electron chi connectivity index (χ2n) is 6.98. The normalized spacial score (nSPS) is 15.5. The molecule has 3 aromatic rings. The van der Waals surface area contributed by atoms with Gasteiger partial charge in [0.1, 0.15) is 28.8 Å². The van der Waals surface area contributed by atoms with E-state index in [0.717, 1.165) is 5.56 Å². The zero-order valence-electron chi connectivity index (χ0n) is 16.0. The van der Waals surface area contributed by atoms with Gasteiger partial charge in [-0.3, -0.25) is 9.59 Å². The summed E-state index contributed by atoms with van der Waals surface area (Å²) < 4.78 is 24.7. The van der Waals surface area contributed by atoms with Crippen molar-refractivity contribution < 1.29 is 23.5 Å². The third-order valence-corrected chi connectivity index (χ3v) is 5.21. The summed E-state index contributed by atoms with van der Waals surface area (Å²) in [7, 11) is 1.56. The molecule has 5 heteroatoms. The van der Waals surface area contributed by atoms with Crippen molar-refractivity contribution in [3.63, 3.8) is 0 Å². The fraction of sp³-hybridized carbons (Fsp3) is 0.167. The minimum Gasteiger partial charge on any atom is -0.497 e. The minimum absolute atomic E-state index is 0.269. The Morgan fingerprint density at radius 3 is 2.34 bits per heavy atom. The molecule has 29 heavy (non-hydrogen) atoms. The number of ether oxygens (including phenoxy) is 2. The molecule has 0 spiro atoms. The van der Waals surface area contributed by atoms with Crippen LogP contribution in [0.3, 0.4) is 0 Å². The van der Waals surface area contributed by atoms with Crippen LogP contribution >= 0.6 is 0 Å². The van der Waals surface area contributed by atoms with Crippen LogP contribution in [0.2, 0.25) is 0 Å². The van der Waals surface area contributed by atoms with E-state index in [0.29, 0.717) is 28.4 Å². The molecule has 0 bridgehead atoms. The van der Waals surface area contributed by atoms with Crippen LogP contribution < -0.4 is 9.47 Å². The van der Waals surface area contributed by atoms with Crippen LogP contribution in [0, 0.1) is 11.7 Å². The molecule has 1 heterocycles. The maximum Gasteiger partial charge on any atom is 0.174 e. The Labute approximate surface area is 167 Å². The number of methoxy groups -OCH3 is 1. The van der Waals surface area contributed by atoms with Gasteiger partial charge in [-0.15, -0.1) is 0 Å². The summed E-state index contributed by atoms with van der Waals surface area (Å²) in [6, 6.07) is 18.0. The number of hydrogen-bond donors (Lipinski definition) is 0. The van der Waals surface area contributed by atoms with Gasteiger partial charge in [-0.2, -0.15) is 0 Å². The molecule has 3 aromatic carbocycles. The number of halogens is 1. The number of para-hydroxylation sites is 1. The summed E-state index contributed by atoms with van der Waals surface area (Å²) in [6.07, 6.45) is 0. The first-order valence-corrected chi connectivity index (χ1v) is 9.24. The molecule has 4 rings (SSSR count). The van der Waals surface area contributed by atoms with Crippen LogP contribution in [0.1, 0.15) is 34.3 Å². The standard InChI is InChI=1S/C24H19FO4/c1-14(26)22(24(27)15-7-9-16(25)10-8-15)23-18-5-3-4-6-20(18)29-21-12-11-17(28-2)13-19(21)23/h3-13,22-23H,1-2H3. The maximum absolute atomic E-state index is 13.4. The quantitative estimate of drug-likeness (QED) is 0.446. The molecule has 0 saturated carbocycles. The molecule has 2 atom stereocenters. The predicted molar refractivity (Wildman–Crippen MR) is 106 cm³/mol. The molecule has 0 aromatic heterocycles. The lowest BCUT2D eigenvalue weighted by molar-refractivity contribution is -0.119. The molecule has 2 unspecified atom stereocenters. The van der Waals surface area contributed by atoms with Crippen molar-refractivity contribution in [3.8, 4) is 17.2 Å². The predicted octanol–water partition coefficient (Wildman–Crippen LogP) is 5.16. The summed E-state index contributed by atoms with van der Waals surface area (Å²) in [6.45, 7) is 1.41. The van der Waals surface area contributed by atoms with Gasteiger partial charge < -0.3 is 9.47 Å². The van der Waals surface area contributed by atoms with Gasteiger partial charge in [0.15, 0.2) is 5.78 Å². The number of benzene rings is 3. The highest BCUT2D eigenvalue weighted by Crippen LogP contribution is 2.49. The second-order valence-corrected chi connectivity index (χ2v) is 6.98. The fourth-order valence-electron chi connectivity index (χ4n) is 3.83. The van der Waals surface area contributed by atoms with E-state index in [1.165, 1.54) is 31.2 Å². The van der Waals surface area contributed by atoms with Crippen molar-refractivity contribution in [2.75, 3.05) is 7.11 Å². The van der Waals surface area contributed by atoms with Crippen molar-refractivity contribution in [1.82, 2.24) is 0 Å². The lowest BCUT2D eigenvalue weighted by Gasteiger charge is -2.32. The van der Waals surface area contributed by atoms with Crippen LogP contribution in [0.4, 0.5) is 4.39 Å². The first-order valence-electron chi connectivity index (χ1n) is 9.24. The molecular weight excluding hydrogens is 371 g/mol. The maximum atomic E-state index is 13.4. The zero-order valence-corrected chi connectivity index (χ0v) is 16.0. The van der Waals surface area contributed by atoms with Crippen LogP contribution in [0.25, 0.3) is 0 Å². The van der Waals surface area contributed by atoms with Crippen LogP contribution in [-0.4, -0.2) is 18.7 Å². The lowest BCUT2D eigenvalue weighted by atomic mass is 9.74. The van der Waals surface area contributed by atoms with E-state index in [1.54, 1.807) is 25.3 Å². The Morgan fingerprint density at radius 2 is 1.66 bits per heavy atom. The highest BCUT2D eigenvalue weighted by atomic mass is 19.1. The average molecular weight is 390 g/mol. The highest BCUT2D eigenvalue weighted by molar-refractivity contribution is 6.11. The lowest BCUT2D eigenvalue weighted by Crippen LogP contribution is -2.31. The van der Waals surface area contributed by atoms with Gasteiger partial charge in [0.05, 0.1) is 13.0 Å². The molecule has 146 valence electrons. The Morgan fingerprint density at radius 1 is 0.966 bits per heavy atom. The van der Waals surface area contributed by atoms with E-state index >= 15 is 0 Å². The van der Waals surface area contributed by atoms with E-state index in [1.807, 2.05) is 24.3 Å². The topological polar surface area (TPSA) is 52.6 Å². The number of fused-ring (bicyclic) bond motifs is 2. The summed E-state index contributed by atoms with van der Waals surface area (Å²) in [5.41, 5.74) is 1.75. The van der Waals surface area contributed by atoms with Crippen molar-refractivity contribution in [2.24, 2.45) is 5.92 Å². The van der Waals surface area contributed by atoms with Gasteiger partial charge in [-0.05, 0) is 55.5 Å². The summed E-state index contributed by atoms with van der Waals surface area (Å²) in [5.74, 6) is -0.791. The average Bonchev–Trinajstić information content (AvgIpc) is 2.73. The summed E-state index contributed by atoms with van der Waals surface area (Å²) in [4.78, 5) is 26.1. The molecule has 0 fully saturated rings. The van der Waals surface area contributed by atoms with E-state index < -0.39 is 17.7 Å². The van der Waals surface area contributed by atoms with Crippen molar-refractivity contribution in [1.29, 1.82) is 0 Å². The minimum atomic E-state index is -0.976. The number of rotatable bonds is 5. The molecule has 1 aliphatic heterocycles. The monoisotopic (exact) mass is 390 g/mol. The Kier molecular flexibility index (Phi) is 4.89. The number of hydrogen-bond acceptors (Lipinski definition) is 4. The van der Waals surface area contributed by atoms with Crippen molar-refractivity contribution >= 4 is 11.6 Å². The first kappa shape index (κ1) is 18.9. The highest BCUT2D eigenvalue weighted by Gasteiger charge is 2.40. The Bertz CT molecular complexity index is 1090. The van der Waals surface area contributed by atoms with E-state index in [4.69, 9.17) is 9.47 Å². The zero-order chi connectivity index (χ0) is 20.5. The largest absolute Gasteiger partial charge is 0.497 e. The molecule has 0 radical (unpaired) electrons. The van der Waals surface area contributed by atoms with Gasteiger partial charge >= 0.3 is 0 Å². The summed E-state index contributed by atoms with van der Waals surface area (Å²) in [5, 5.41) is 0. The molecule has 0 aliphatic carbocycles. The smallest absolute Gasteiger partial charge is 0.174 e. The van der Waals surface area contributed by atoms with Crippen LogP contribution in [0.15, 0.2) is 66.7 Å². The molecule has 1 aliphatic rings. The molecule has 0 saturated heterocycles. The molecule has 0 N–H and O–H groups in total. The van der Waals surface area contributed by atoms with Crippen LogP contribution in [-0.2, 0) is 4.79 Å². The Balaban J connectivity index is 1.89. The first-order chi connectivity index (χ1) is 14.0. The number of ketones is 2. The van der Waals surface area contributed by atoms with E-state index in [9.17, 15) is 14.0 Å². The van der Waals surface area contributed by atoms with Crippen molar-refractivity contribution in [3.05, 3.63) is 89.2 Å². The van der Waals surface area contributed by atoms with Crippen molar-refractivity contribution in [2.45, 2.75) is 12.8 Å². The SMILES string of the molecule is COc1ccc2c(c1)C(C(C(C)=O)C(=O)c1ccc(F)cc1)c1ccccc1O2. The number of carbonyl (C=O) groups is 2. The van der Waals surface area contributed by atoms with Gasteiger partial charge in [-0.1, -0.05) is 18.2 Å². The Hall–Kier alpha value is -3.47. The fourth-order valence-corrected chi connectivity index (χ4v) is 3.83. The van der Waals surface area contributed by atoms with Gasteiger partial charge in [0, 0.05) is 22.6 Å². The van der Waals surface area contributed by atoms with Gasteiger partial charge in [0.2, 0.25) is 0 Å². The third-order valence-electron chi connectivity index (χ3n) is 5.21. The number of carbonyl (C=O) groups excluding carboxylic acids is 2. The molecular formula is C24H19FO4.